The molecule has 1 rings (SSSR count). The van der Waals surface area contributed by atoms with Crippen LogP contribution < -0.4 is 0 Å². The molecule has 0 radical (unpaired) electrons. The van der Waals surface area contributed by atoms with Crippen LogP contribution in [0.3, 0.4) is 0 Å². The van der Waals surface area contributed by atoms with E-state index < -0.39 is 22.9 Å². The third kappa shape index (κ3) is 5.57. The summed E-state index contributed by atoms with van der Waals surface area (Å²) in [5, 5.41) is 9.20. The Hall–Kier alpha value is -1.14. The molecule has 1 heterocycles. The molecule has 1 N–H and O–H groups in total. The highest BCUT2D eigenvalue weighted by Crippen LogP contribution is 2.38. The Bertz CT molecular complexity index is 399. The minimum atomic E-state index is -0.839. The molecule has 0 saturated carbocycles. The lowest BCUT2D eigenvalue weighted by Crippen LogP contribution is -2.39. The van der Waals surface area contributed by atoms with E-state index in [4.69, 9.17) is 14.2 Å². The van der Waals surface area contributed by atoms with Gasteiger partial charge in [0.15, 0.2) is 0 Å². The highest BCUT2D eigenvalue weighted by molar-refractivity contribution is 5.80. The summed E-state index contributed by atoms with van der Waals surface area (Å²) in [6, 6.07) is 0. The molecular weight excluding hydrogens is 288 g/mol. The van der Waals surface area contributed by atoms with Crippen molar-refractivity contribution in [1.29, 1.82) is 0 Å². The predicted octanol–water partition coefficient (Wildman–Crippen LogP) is 1.68. The van der Waals surface area contributed by atoms with E-state index in [2.05, 4.69) is 0 Å². The third-order valence-electron chi connectivity index (χ3n) is 3.92. The number of aliphatic hydroxyl groups is 1. The van der Waals surface area contributed by atoms with E-state index >= 15 is 0 Å². The molecule has 1 fully saturated rings. The second-order valence-corrected chi connectivity index (χ2v) is 6.98. The van der Waals surface area contributed by atoms with Crippen LogP contribution in [0.5, 0.6) is 0 Å². The SMILES string of the molecule is CCC(C)(CC(C)(C)C(=O)OCC(C)O)C(=O)OCC1CO1. The minimum absolute atomic E-state index is 0.0223. The quantitative estimate of drug-likeness (QED) is 0.514. The minimum Gasteiger partial charge on any atom is -0.463 e. The summed E-state index contributed by atoms with van der Waals surface area (Å²) in [5.74, 6) is -0.742. The van der Waals surface area contributed by atoms with Gasteiger partial charge in [0.25, 0.3) is 0 Å². The van der Waals surface area contributed by atoms with E-state index in [-0.39, 0.29) is 25.3 Å². The van der Waals surface area contributed by atoms with Crippen LogP contribution in [0.1, 0.15) is 47.5 Å². The Balaban J connectivity index is 2.63. The van der Waals surface area contributed by atoms with Crippen LogP contribution in [0.2, 0.25) is 0 Å². The van der Waals surface area contributed by atoms with Crippen molar-refractivity contribution < 1.29 is 28.9 Å². The molecule has 0 bridgehead atoms. The van der Waals surface area contributed by atoms with Crippen molar-refractivity contribution in [1.82, 2.24) is 0 Å². The summed E-state index contributed by atoms with van der Waals surface area (Å²) in [4.78, 5) is 24.5. The fourth-order valence-corrected chi connectivity index (χ4v) is 2.29. The number of ether oxygens (including phenoxy) is 3. The summed E-state index contributed by atoms with van der Waals surface area (Å²) in [5.41, 5.74) is -1.60. The van der Waals surface area contributed by atoms with Crippen LogP contribution in [-0.2, 0) is 23.8 Å². The van der Waals surface area contributed by atoms with Gasteiger partial charge in [0, 0.05) is 0 Å². The van der Waals surface area contributed by atoms with E-state index in [0.29, 0.717) is 19.4 Å². The van der Waals surface area contributed by atoms with E-state index in [1.807, 2.05) is 6.92 Å². The standard InChI is InChI=1S/C16H28O6/c1-6-16(5,14(19)22-9-12-8-20-12)10-15(3,4)13(18)21-7-11(2)17/h11-12,17H,6-10H2,1-5H3. The Morgan fingerprint density at radius 3 is 2.32 bits per heavy atom. The molecule has 6 heteroatoms. The summed E-state index contributed by atoms with van der Waals surface area (Å²) >= 11 is 0. The van der Waals surface area contributed by atoms with Crippen molar-refractivity contribution >= 4 is 11.9 Å². The number of aliphatic hydroxyl groups excluding tert-OH is 1. The molecule has 128 valence electrons. The van der Waals surface area contributed by atoms with Gasteiger partial charge in [0.1, 0.15) is 19.3 Å². The molecule has 3 unspecified atom stereocenters. The average Bonchev–Trinajstić information content (AvgIpc) is 3.25. The first-order chi connectivity index (χ1) is 10.1. The zero-order chi connectivity index (χ0) is 17.0. The molecule has 0 amide bonds. The van der Waals surface area contributed by atoms with Gasteiger partial charge in [-0.2, -0.15) is 0 Å². The molecule has 22 heavy (non-hydrogen) atoms. The van der Waals surface area contributed by atoms with Gasteiger partial charge < -0.3 is 19.3 Å². The molecule has 3 atom stereocenters. The number of hydrogen-bond donors (Lipinski definition) is 1. The van der Waals surface area contributed by atoms with Crippen molar-refractivity contribution in [3.8, 4) is 0 Å². The van der Waals surface area contributed by atoms with Crippen LogP contribution in [0.25, 0.3) is 0 Å². The number of hydrogen-bond acceptors (Lipinski definition) is 6. The number of esters is 2. The maximum atomic E-state index is 12.3. The van der Waals surface area contributed by atoms with Gasteiger partial charge in [-0.1, -0.05) is 6.92 Å². The van der Waals surface area contributed by atoms with Crippen LogP contribution in [0.15, 0.2) is 0 Å². The molecule has 0 aromatic rings. The number of rotatable bonds is 9. The smallest absolute Gasteiger partial charge is 0.311 e. The van der Waals surface area contributed by atoms with Gasteiger partial charge in [0.05, 0.1) is 23.5 Å². The first kappa shape index (κ1) is 18.9. The molecule has 0 aliphatic carbocycles. The lowest BCUT2D eigenvalue weighted by molar-refractivity contribution is -0.164. The maximum absolute atomic E-state index is 12.3. The van der Waals surface area contributed by atoms with Crippen molar-refractivity contribution in [2.75, 3.05) is 19.8 Å². The largest absolute Gasteiger partial charge is 0.463 e. The fraction of sp³-hybridized carbons (Fsp3) is 0.875. The highest BCUT2D eigenvalue weighted by Gasteiger charge is 2.43. The first-order valence-electron chi connectivity index (χ1n) is 7.75. The third-order valence-corrected chi connectivity index (χ3v) is 3.92. The summed E-state index contributed by atoms with van der Waals surface area (Å²) < 4.78 is 15.4. The molecule has 1 aliphatic rings. The zero-order valence-electron chi connectivity index (χ0n) is 14.2. The molecule has 0 aromatic heterocycles. The predicted molar refractivity (Wildman–Crippen MR) is 80.1 cm³/mol. The fourth-order valence-electron chi connectivity index (χ4n) is 2.29. The van der Waals surface area contributed by atoms with Gasteiger partial charge >= 0.3 is 11.9 Å². The van der Waals surface area contributed by atoms with E-state index in [1.165, 1.54) is 0 Å². The second kappa shape index (κ2) is 7.42. The van der Waals surface area contributed by atoms with Crippen LogP contribution in [-0.4, -0.2) is 49.1 Å². The average molecular weight is 316 g/mol. The first-order valence-corrected chi connectivity index (χ1v) is 7.75. The number of carbonyl (C=O) groups excluding carboxylic acids is 2. The van der Waals surface area contributed by atoms with Gasteiger partial charge in [-0.3, -0.25) is 9.59 Å². The normalized spacial score (nSPS) is 21.6. The summed E-state index contributed by atoms with van der Waals surface area (Å²) in [7, 11) is 0. The zero-order valence-corrected chi connectivity index (χ0v) is 14.2. The summed E-state index contributed by atoms with van der Waals surface area (Å²) in [6.45, 7) is 9.57. The van der Waals surface area contributed by atoms with Crippen molar-refractivity contribution in [3.63, 3.8) is 0 Å². The Morgan fingerprint density at radius 1 is 1.27 bits per heavy atom. The lowest BCUT2D eigenvalue weighted by atomic mass is 9.72. The van der Waals surface area contributed by atoms with E-state index in [9.17, 15) is 14.7 Å². The second-order valence-electron chi connectivity index (χ2n) is 6.98. The van der Waals surface area contributed by atoms with Crippen LogP contribution >= 0.6 is 0 Å². The Kier molecular flexibility index (Phi) is 6.38. The van der Waals surface area contributed by atoms with Crippen molar-refractivity contribution in [2.24, 2.45) is 10.8 Å². The van der Waals surface area contributed by atoms with Crippen molar-refractivity contribution in [2.45, 2.75) is 59.7 Å². The van der Waals surface area contributed by atoms with Crippen molar-refractivity contribution in [3.05, 3.63) is 0 Å². The monoisotopic (exact) mass is 316 g/mol. The van der Waals surface area contributed by atoms with Crippen LogP contribution in [0.4, 0.5) is 0 Å². The summed E-state index contributed by atoms with van der Waals surface area (Å²) in [6.07, 6.45) is 0.194. The number of carbonyl (C=O) groups is 2. The van der Waals surface area contributed by atoms with Crippen LogP contribution in [0, 0.1) is 10.8 Å². The molecule has 0 spiro atoms. The molecule has 0 aromatic carbocycles. The maximum Gasteiger partial charge on any atom is 0.311 e. The topological polar surface area (TPSA) is 85.4 Å². The Morgan fingerprint density at radius 2 is 1.86 bits per heavy atom. The molecule has 1 saturated heterocycles. The van der Waals surface area contributed by atoms with Gasteiger partial charge in [-0.05, 0) is 40.5 Å². The lowest BCUT2D eigenvalue weighted by Gasteiger charge is -2.33. The van der Waals surface area contributed by atoms with E-state index in [0.717, 1.165) is 0 Å². The molecular formula is C16H28O6. The Labute approximate surface area is 132 Å². The van der Waals surface area contributed by atoms with E-state index in [1.54, 1.807) is 27.7 Å². The van der Waals surface area contributed by atoms with Gasteiger partial charge in [0.2, 0.25) is 0 Å². The van der Waals surface area contributed by atoms with Gasteiger partial charge in [-0.15, -0.1) is 0 Å². The number of epoxide rings is 1. The molecule has 6 nitrogen and oxygen atoms in total. The molecule has 1 aliphatic heterocycles. The van der Waals surface area contributed by atoms with Gasteiger partial charge in [-0.25, -0.2) is 0 Å². The highest BCUT2D eigenvalue weighted by atomic mass is 16.6.